The number of amidine groups is 1. The largest absolute Gasteiger partial charge is 0.338 e. The molecule has 0 aliphatic carbocycles. The molecular weight excluding hydrogens is 521 g/mol. The van der Waals surface area contributed by atoms with Gasteiger partial charge in [-0.15, -0.1) is 0 Å². The average Bonchev–Trinajstić information content (AvgIpc) is 3.33. The summed E-state index contributed by atoms with van der Waals surface area (Å²) in [5.74, 6) is -0.542. The molecule has 12 heteroatoms. The van der Waals surface area contributed by atoms with Gasteiger partial charge in [0.05, 0.1) is 4.47 Å². The topological polar surface area (TPSA) is 125 Å². The van der Waals surface area contributed by atoms with E-state index in [9.17, 15) is 14.0 Å². The fourth-order valence-corrected chi connectivity index (χ4v) is 4.02. The van der Waals surface area contributed by atoms with E-state index in [1.165, 1.54) is 13.1 Å². The third-order valence-electron chi connectivity index (χ3n) is 5.54. The summed E-state index contributed by atoms with van der Waals surface area (Å²) in [6, 6.07) is 13.4. The normalized spacial score (nSPS) is 14.5. The van der Waals surface area contributed by atoms with Crippen LogP contribution in [0.25, 0.3) is 0 Å². The van der Waals surface area contributed by atoms with Gasteiger partial charge in [0, 0.05) is 37.4 Å². The number of carbonyl (C=O) groups is 2. The Hall–Kier alpha value is -3.80. The molecule has 10 nitrogen and oxygen atoms in total. The summed E-state index contributed by atoms with van der Waals surface area (Å²) < 4.78 is 18.6. The molecule has 0 bridgehead atoms. The fraction of sp³-hybridized carbons (Fsp3) is 0.261. The van der Waals surface area contributed by atoms with Gasteiger partial charge in [-0.3, -0.25) is 9.79 Å². The Balaban J connectivity index is 1.34. The summed E-state index contributed by atoms with van der Waals surface area (Å²) in [7, 11) is 1.54. The van der Waals surface area contributed by atoms with Crippen molar-refractivity contribution in [3.8, 4) is 0 Å². The lowest BCUT2D eigenvalue weighted by atomic mass is 9.96. The average molecular weight is 544 g/mol. The minimum absolute atomic E-state index is 0.119. The highest BCUT2D eigenvalue weighted by Gasteiger charge is 2.29. The second kappa shape index (κ2) is 11.1. The molecule has 0 spiro atoms. The van der Waals surface area contributed by atoms with Crippen LogP contribution in [0.5, 0.6) is 0 Å². The minimum Gasteiger partial charge on any atom is -0.338 e. The Morgan fingerprint density at radius 1 is 1.06 bits per heavy atom. The molecule has 1 aliphatic heterocycles. The maximum atomic E-state index is 13.5. The van der Waals surface area contributed by atoms with Crippen LogP contribution in [0.3, 0.4) is 0 Å². The molecule has 4 rings (SSSR count). The Kier molecular flexibility index (Phi) is 7.70. The number of nitrogens with one attached hydrogen (secondary N) is 3. The molecule has 0 atom stereocenters. The summed E-state index contributed by atoms with van der Waals surface area (Å²) in [6.07, 6.45) is 1.01. The van der Waals surface area contributed by atoms with Gasteiger partial charge in [-0.25, -0.2) is 13.8 Å². The first-order valence-electron chi connectivity index (χ1n) is 10.9. The van der Waals surface area contributed by atoms with Gasteiger partial charge in [0.1, 0.15) is 5.82 Å². The standard InChI is InChI=1S/C23H23BrFN7O3/c1-26-20(27-16-7-8-18(25)17(24)13-16)19-21(31-35-30-19)29-22(33)14-9-11-32(12-10-14)23(34)28-15-5-3-2-4-6-15/h2-8,13-14H,9-12H2,1H3,(H,26,27)(H,28,34)(H,29,31,33). The van der Waals surface area contributed by atoms with Crippen molar-refractivity contribution in [2.45, 2.75) is 12.8 Å². The number of aliphatic imine (C=N–C) groups is 1. The first-order chi connectivity index (χ1) is 16.9. The van der Waals surface area contributed by atoms with Crippen LogP contribution in [0, 0.1) is 11.7 Å². The molecule has 3 N–H and O–H groups in total. The third kappa shape index (κ3) is 6.01. The van der Waals surface area contributed by atoms with Crippen LogP contribution < -0.4 is 16.0 Å². The van der Waals surface area contributed by atoms with Crippen molar-refractivity contribution in [2.75, 3.05) is 36.1 Å². The summed E-state index contributed by atoms with van der Waals surface area (Å²) in [5, 5.41) is 16.3. The molecule has 1 fully saturated rings. The second-order valence-electron chi connectivity index (χ2n) is 7.83. The van der Waals surface area contributed by atoms with Crippen molar-refractivity contribution in [3.05, 3.63) is 64.5 Å². The highest BCUT2D eigenvalue weighted by atomic mass is 79.9. The predicted molar refractivity (Wildman–Crippen MR) is 133 cm³/mol. The van der Waals surface area contributed by atoms with Gasteiger partial charge in [0.15, 0.2) is 11.5 Å². The summed E-state index contributed by atoms with van der Waals surface area (Å²) >= 11 is 3.14. The molecule has 1 saturated heterocycles. The zero-order chi connectivity index (χ0) is 24.8. The van der Waals surface area contributed by atoms with Gasteiger partial charge < -0.3 is 20.9 Å². The molecule has 2 heterocycles. The smallest absolute Gasteiger partial charge is 0.321 e. The second-order valence-corrected chi connectivity index (χ2v) is 8.69. The monoisotopic (exact) mass is 543 g/mol. The van der Waals surface area contributed by atoms with Crippen molar-refractivity contribution in [1.82, 2.24) is 15.2 Å². The Morgan fingerprint density at radius 3 is 2.49 bits per heavy atom. The van der Waals surface area contributed by atoms with Crippen LogP contribution in [0.4, 0.5) is 26.4 Å². The lowest BCUT2D eigenvalue weighted by Gasteiger charge is -2.31. The maximum Gasteiger partial charge on any atom is 0.321 e. The number of urea groups is 1. The van der Waals surface area contributed by atoms with E-state index in [0.717, 1.165) is 5.69 Å². The molecule has 0 radical (unpaired) electrons. The number of halogens is 2. The highest BCUT2D eigenvalue weighted by molar-refractivity contribution is 9.10. The highest BCUT2D eigenvalue weighted by Crippen LogP contribution is 2.23. The number of anilines is 3. The van der Waals surface area contributed by atoms with Crippen molar-refractivity contribution in [1.29, 1.82) is 0 Å². The van der Waals surface area contributed by atoms with E-state index in [1.54, 1.807) is 17.0 Å². The molecule has 0 unspecified atom stereocenters. The van der Waals surface area contributed by atoms with Crippen molar-refractivity contribution in [2.24, 2.45) is 10.9 Å². The quantitative estimate of drug-likeness (QED) is 0.324. The van der Waals surface area contributed by atoms with E-state index in [0.29, 0.717) is 31.6 Å². The number of hydrogen-bond acceptors (Lipinski definition) is 6. The van der Waals surface area contributed by atoms with Crippen LogP contribution in [-0.4, -0.2) is 53.1 Å². The third-order valence-corrected chi connectivity index (χ3v) is 6.15. The maximum absolute atomic E-state index is 13.5. The Labute approximate surface area is 209 Å². The molecule has 35 heavy (non-hydrogen) atoms. The number of hydrogen-bond donors (Lipinski definition) is 3. The summed E-state index contributed by atoms with van der Waals surface area (Å²) in [4.78, 5) is 31.2. The lowest BCUT2D eigenvalue weighted by molar-refractivity contribution is -0.121. The van der Waals surface area contributed by atoms with Crippen molar-refractivity contribution < 1.29 is 18.6 Å². The number of piperidine rings is 1. The number of aromatic nitrogens is 2. The lowest BCUT2D eigenvalue weighted by Crippen LogP contribution is -2.43. The molecule has 3 amide bonds. The first-order valence-corrected chi connectivity index (χ1v) is 11.7. The number of carbonyl (C=O) groups excluding carboxylic acids is 2. The van der Waals surface area contributed by atoms with Crippen LogP contribution >= 0.6 is 15.9 Å². The summed E-state index contributed by atoms with van der Waals surface area (Å²) in [6.45, 7) is 0.896. The van der Waals surface area contributed by atoms with E-state index < -0.39 is 5.82 Å². The van der Waals surface area contributed by atoms with Gasteiger partial charge in [-0.1, -0.05) is 18.2 Å². The number of likely N-dealkylation sites (tertiary alicyclic amines) is 1. The zero-order valence-electron chi connectivity index (χ0n) is 18.8. The zero-order valence-corrected chi connectivity index (χ0v) is 20.4. The molecule has 1 aliphatic rings. The molecule has 0 saturated carbocycles. The predicted octanol–water partition coefficient (Wildman–Crippen LogP) is 4.34. The van der Waals surface area contributed by atoms with Crippen molar-refractivity contribution in [3.63, 3.8) is 0 Å². The van der Waals surface area contributed by atoms with E-state index in [-0.39, 0.29) is 39.7 Å². The van der Waals surface area contributed by atoms with E-state index in [4.69, 9.17) is 4.63 Å². The molecular formula is C23H23BrFN7O3. The molecule has 1 aromatic heterocycles. The van der Waals surface area contributed by atoms with Crippen LogP contribution in [0.1, 0.15) is 18.5 Å². The van der Waals surface area contributed by atoms with E-state index in [1.807, 2.05) is 30.3 Å². The SMILES string of the molecule is CN=C(Nc1ccc(F)c(Br)c1)c1nonc1NC(=O)C1CCN(C(=O)Nc2ccccc2)CC1. The van der Waals surface area contributed by atoms with E-state index in [2.05, 4.69) is 47.2 Å². The number of benzene rings is 2. The Bertz CT molecular complexity index is 1230. The van der Waals surface area contributed by atoms with Crippen LogP contribution in [-0.2, 0) is 4.79 Å². The minimum atomic E-state index is -0.398. The number of para-hydroxylation sites is 1. The van der Waals surface area contributed by atoms with Gasteiger partial charge in [0.25, 0.3) is 0 Å². The first kappa shape index (κ1) is 24.3. The number of rotatable bonds is 5. The van der Waals surface area contributed by atoms with Crippen LogP contribution in [0.2, 0.25) is 0 Å². The summed E-state index contributed by atoms with van der Waals surface area (Å²) in [5.41, 5.74) is 1.49. The molecule has 2 aromatic carbocycles. The number of nitrogens with zero attached hydrogens (tertiary/aromatic N) is 4. The van der Waals surface area contributed by atoms with Gasteiger partial charge in [-0.2, -0.15) is 0 Å². The fourth-order valence-electron chi connectivity index (χ4n) is 3.65. The van der Waals surface area contributed by atoms with Gasteiger partial charge >= 0.3 is 6.03 Å². The molecule has 3 aromatic rings. The van der Waals surface area contributed by atoms with Gasteiger partial charge in [0.2, 0.25) is 11.7 Å². The van der Waals surface area contributed by atoms with Gasteiger partial charge in [-0.05, 0) is 69.4 Å². The Morgan fingerprint density at radius 2 is 1.80 bits per heavy atom. The number of amides is 3. The van der Waals surface area contributed by atoms with Crippen LogP contribution in [0.15, 0.2) is 62.6 Å². The van der Waals surface area contributed by atoms with Crippen molar-refractivity contribution >= 4 is 50.9 Å². The molecule has 182 valence electrons. The van der Waals surface area contributed by atoms with E-state index >= 15 is 0 Å².